The molecule has 0 aliphatic heterocycles. The number of nitrogens with one attached hydrogen (secondary N) is 1. The first-order valence-corrected chi connectivity index (χ1v) is 9.50. The summed E-state index contributed by atoms with van der Waals surface area (Å²) in [6.45, 7) is 9.31. The van der Waals surface area contributed by atoms with E-state index in [1.165, 1.54) is 33.4 Å². The van der Waals surface area contributed by atoms with Gasteiger partial charge in [0, 0.05) is 27.0 Å². The van der Waals surface area contributed by atoms with Crippen LogP contribution in [0.2, 0.25) is 0 Å². The van der Waals surface area contributed by atoms with Crippen LogP contribution in [0, 0.1) is 5.92 Å². The van der Waals surface area contributed by atoms with Crippen LogP contribution in [0.3, 0.4) is 0 Å². The van der Waals surface area contributed by atoms with E-state index in [1.807, 2.05) is 0 Å². The summed E-state index contributed by atoms with van der Waals surface area (Å²) in [7, 11) is 0. The maximum atomic E-state index is 11.4. The lowest BCUT2D eigenvalue weighted by Crippen LogP contribution is -2.32. The minimum Gasteiger partial charge on any atom is -0.463 e. The van der Waals surface area contributed by atoms with Gasteiger partial charge in [-0.05, 0) is 32.3 Å². The van der Waals surface area contributed by atoms with Gasteiger partial charge in [0.25, 0.3) is 5.95 Å². The van der Waals surface area contributed by atoms with Crippen molar-refractivity contribution in [2.75, 3.05) is 6.61 Å². The predicted molar refractivity (Wildman–Crippen MR) is 101 cm³/mol. The second-order valence-corrected chi connectivity index (χ2v) is 6.84. The standard InChI is InChI=1S/C20H31NO7/c1-13(19(26-16(4)24)11-21-14(2)22)20(12-25-15(3)23)28-17(5)27-18-9-7-6-8-10-18/h11,13,18,20H,5-10,12H2,1-4H3,(H,21,22)/b19-11+/t13-,20?/m1/s1. The zero-order valence-electron chi connectivity index (χ0n) is 17.1. The van der Waals surface area contributed by atoms with E-state index in [9.17, 15) is 14.4 Å². The van der Waals surface area contributed by atoms with Crippen LogP contribution in [0.5, 0.6) is 0 Å². The van der Waals surface area contributed by atoms with E-state index in [0.29, 0.717) is 0 Å². The van der Waals surface area contributed by atoms with Gasteiger partial charge in [-0.2, -0.15) is 0 Å². The molecule has 0 heterocycles. The summed E-state index contributed by atoms with van der Waals surface area (Å²) in [6.07, 6.45) is 5.89. The number of carbonyl (C=O) groups is 3. The van der Waals surface area contributed by atoms with Crippen LogP contribution in [0.4, 0.5) is 0 Å². The Morgan fingerprint density at radius 1 is 1.11 bits per heavy atom. The summed E-state index contributed by atoms with van der Waals surface area (Å²) < 4.78 is 21.9. The molecule has 1 aliphatic carbocycles. The first kappa shape index (κ1) is 23.5. The number of hydrogen-bond acceptors (Lipinski definition) is 7. The Labute approximate surface area is 166 Å². The molecule has 1 saturated carbocycles. The van der Waals surface area contributed by atoms with Gasteiger partial charge in [0.05, 0.1) is 5.92 Å². The van der Waals surface area contributed by atoms with E-state index in [2.05, 4.69) is 11.9 Å². The van der Waals surface area contributed by atoms with Gasteiger partial charge in [0.15, 0.2) is 0 Å². The molecule has 0 aromatic rings. The third-order valence-electron chi connectivity index (χ3n) is 4.27. The van der Waals surface area contributed by atoms with Crippen LogP contribution < -0.4 is 5.32 Å². The quantitative estimate of drug-likeness (QED) is 0.447. The Hall–Kier alpha value is -2.51. The van der Waals surface area contributed by atoms with Crippen LogP contribution >= 0.6 is 0 Å². The number of carbonyl (C=O) groups excluding carboxylic acids is 3. The van der Waals surface area contributed by atoms with Crippen molar-refractivity contribution in [3.8, 4) is 0 Å². The Balaban J connectivity index is 2.86. The molecule has 0 bridgehead atoms. The third-order valence-corrected chi connectivity index (χ3v) is 4.27. The van der Waals surface area contributed by atoms with E-state index in [-0.39, 0.29) is 30.3 Å². The summed E-state index contributed by atoms with van der Waals surface area (Å²) in [4.78, 5) is 33.9. The molecule has 8 heteroatoms. The number of ether oxygens (including phenoxy) is 4. The van der Waals surface area contributed by atoms with Crippen LogP contribution in [-0.4, -0.2) is 36.7 Å². The number of amides is 1. The second kappa shape index (κ2) is 12.0. The molecule has 158 valence electrons. The van der Waals surface area contributed by atoms with Gasteiger partial charge in [0.1, 0.15) is 24.6 Å². The minimum atomic E-state index is -0.723. The average molecular weight is 397 g/mol. The van der Waals surface area contributed by atoms with E-state index >= 15 is 0 Å². The van der Waals surface area contributed by atoms with Crippen LogP contribution in [0.1, 0.15) is 59.8 Å². The lowest BCUT2D eigenvalue weighted by molar-refractivity contribution is -0.150. The monoisotopic (exact) mass is 397 g/mol. The highest BCUT2D eigenvalue weighted by Crippen LogP contribution is 2.25. The molecular weight excluding hydrogens is 366 g/mol. The maximum absolute atomic E-state index is 11.4. The first-order valence-electron chi connectivity index (χ1n) is 9.50. The van der Waals surface area contributed by atoms with Gasteiger partial charge in [-0.3, -0.25) is 14.4 Å². The van der Waals surface area contributed by atoms with Crippen molar-refractivity contribution in [2.45, 2.75) is 72.0 Å². The van der Waals surface area contributed by atoms with Crippen molar-refractivity contribution in [3.63, 3.8) is 0 Å². The number of rotatable bonds is 10. The van der Waals surface area contributed by atoms with E-state index in [4.69, 9.17) is 18.9 Å². The van der Waals surface area contributed by atoms with Gasteiger partial charge in [-0.1, -0.05) is 13.3 Å². The maximum Gasteiger partial charge on any atom is 0.307 e. The van der Waals surface area contributed by atoms with E-state index in [1.54, 1.807) is 6.92 Å². The molecular formula is C20H31NO7. The third kappa shape index (κ3) is 9.43. The highest BCUT2D eigenvalue weighted by atomic mass is 16.7. The number of hydrogen-bond donors (Lipinski definition) is 1. The zero-order chi connectivity index (χ0) is 21.1. The molecule has 1 N–H and O–H groups in total. The van der Waals surface area contributed by atoms with Crippen molar-refractivity contribution >= 4 is 17.8 Å². The smallest absolute Gasteiger partial charge is 0.307 e. The summed E-state index contributed by atoms with van der Waals surface area (Å²) >= 11 is 0. The summed E-state index contributed by atoms with van der Waals surface area (Å²) in [5, 5.41) is 2.48. The molecule has 1 aliphatic rings. The van der Waals surface area contributed by atoms with Gasteiger partial charge < -0.3 is 24.3 Å². The van der Waals surface area contributed by atoms with Crippen molar-refractivity contribution in [1.29, 1.82) is 0 Å². The molecule has 0 aromatic heterocycles. The van der Waals surface area contributed by atoms with Crippen molar-refractivity contribution in [2.24, 2.45) is 5.92 Å². The normalized spacial score (nSPS) is 17.1. The lowest BCUT2D eigenvalue weighted by atomic mass is 9.98. The second-order valence-electron chi connectivity index (χ2n) is 6.84. The summed E-state index contributed by atoms with van der Waals surface area (Å²) in [5.74, 6) is -1.59. The Morgan fingerprint density at radius 2 is 1.75 bits per heavy atom. The molecule has 1 unspecified atom stereocenters. The molecule has 2 atom stereocenters. The molecule has 28 heavy (non-hydrogen) atoms. The largest absolute Gasteiger partial charge is 0.463 e. The van der Waals surface area contributed by atoms with Crippen molar-refractivity contribution in [3.05, 3.63) is 24.5 Å². The average Bonchev–Trinajstić information content (AvgIpc) is 2.61. The number of esters is 2. The van der Waals surface area contributed by atoms with Crippen molar-refractivity contribution < 1.29 is 33.3 Å². The fraction of sp³-hybridized carbons (Fsp3) is 0.650. The minimum absolute atomic E-state index is 0.0498. The SMILES string of the molecule is C=C(OC1CCCCC1)OC(COC(C)=O)[C@H](C)/C(=C\NC(C)=O)OC(C)=O. The molecule has 1 amide bonds. The van der Waals surface area contributed by atoms with Gasteiger partial charge >= 0.3 is 11.9 Å². The Morgan fingerprint density at radius 3 is 2.29 bits per heavy atom. The van der Waals surface area contributed by atoms with Crippen molar-refractivity contribution in [1.82, 2.24) is 5.32 Å². The highest BCUT2D eigenvalue weighted by Gasteiger charge is 2.28. The molecule has 0 aromatic carbocycles. The van der Waals surface area contributed by atoms with Gasteiger partial charge in [0.2, 0.25) is 5.91 Å². The molecule has 1 rings (SSSR count). The van der Waals surface area contributed by atoms with E-state index < -0.39 is 24.0 Å². The molecule has 0 saturated heterocycles. The Bertz CT molecular complexity index is 593. The molecule has 1 fully saturated rings. The Kier molecular flexibility index (Phi) is 10.1. The van der Waals surface area contributed by atoms with Gasteiger partial charge in [-0.25, -0.2) is 0 Å². The predicted octanol–water partition coefficient (Wildman–Crippen LogP) is 2.93. The lowest BCUT2D eigenvalue weighted by Gasteiger charge is -2.29. The molecule has 0 spiro atoms. The fourth-order valence-corrected chi connectivity index (χ4v) is 2.82. The zero-order valence-corrected chi connectivity index (χ0v) is 17.1. The van der Waals surface area contributed by atoms with E-state index in [0.717, 1.165) is 25.7 Å². The van der Waals surface area contributed by atoms with Gasteiger partial charge in [-0.15, -0.1) is 0 Å². The highest BCUT2D eigenvalue weighted by molar-refractivity contribution is 5.74. The fourth-order valence-electron chi connectivity index (χ4n) is 2.82. The molecule has 0 radical (unpaired) electrons. The first-order chi connectivity index (χ1) is 13.2. The summed E-state index contributed by atoms with van der Waals surface area (Å²) in [5.41, 5.74) is 0. The topological polar surface area (TPSA) is 100 Å². The van der Waals surface area contributed by atoms with Crippen LogP contribution in [0.25, 0.3) is 0 Å². The summed E-state index contributed by atoms with van der Waals surface area (Å²) in [6, 6.07) is 0. The van der Waals surface area contributed by atoms with Crippen LogP contribution in [0.15, 0.2) is 24.5 Å². The molecule has 8 nitrogen and oxygen atoms in total. The van der Waals surface area contributed by atoms with Crippen LogP contribution in [-0.2, 0) is 33.3 Å².